The van der Waals surface area contributed by atoms with E-state index in [9.17, 15) is 4.79 Å². The lowest BCUT2D eigenvalue weighted by molar-refractivity contribution is -0.150. The maximum Gasteiger partial charge on any atom is 0.302 e. The standard InChI is InChI=1S/C23H34O2/c1-14-6-9-20-19-8-7-17-13-18(25-16(3)24)10-11-22(17,4)21(19)12-15(2)23(14,20)5/h12,14,17-20H,2,6-11,13H2,1,3-5H3/t14?,17-,18-,19?,20?,22+,23+/m1/s1. The average molecular weight is 343 g/mol. The third-order valence-corrected chi connectivity index (χ3v) is 8.86. The molecule has 3 saturated carbocycles. The number of ether oxygens (including phenoxy) is 1. The molecule has 4 aliphatic rings. The molecule has 2 nitrogen and oxygen atoms in total. The zero-order valence-corrected chi connectivity index (χ0v) is 16.4. The smallest absolute Gasteiger partial charge is 0.302 e. The summed E-state index contributed by atoms with van der Waals surface area (Å²) in [5.41, 5.74) is 3.69. The first-order valence-corrected chi connectivity index (χ1v) is 10.4. The van der Waals surface area contributed by atoms with Gasteiger partial charge in [-0.25, -0.2) is 0 Å². The zero-order chi connectivity index (χ0) is 18.0. The summed E-state index contributed by atoms with van der Waals surface area (Å²) in [6.45, 7) is 13.5. The van der Waals surface area contributed by atoms with Crippen LogP contribution in [-0.2, 0) is 9.53 Å². The van der Waals surface area contributed by atoms with Gasteiger partial charge in [-0.2, -0.15) is 0 Å². The van der Waals surface area contributed by atoms with E-state index in [1.807, 2.05) is 0 Å². The Morgan fingerprint density at radius 1 is 1.20 bits per heavy atom. The maximum atomic E-state index is 11.4. The Kier molecular flexibility index (Phi) is 3.98. The number of esters is 1. The van der Waals surface area contributed by atoms with Crippen LogP contribution in [0.15, 0.2) is 23.8 Å². The van der Waals surface area contributed by atoms with Gasteiger partial charge in [0, 0.05) is 6.92 Å². The van der Waals surface area contributed by atoms with E-state index in [1.54, 1.807) is 12.5 Å². The van der Waals surface area contributed by atoms with Crippen molar-refractivity contribution in [2.24, 2.45) is 34.5 Å². The molecular formula is C23H34O2. The van der Waals surface area contributed by atoms with Gasteiger partial charge in [0.15, 0.2) is 0 Å². The number of rotatable bonds is 1. The number of fused-ring (bicyclic) bond motifs is 5. The Balaban J connectivity index is 1.65. The van der Waals surface area contributed by atoms with E-state index in [1.165, 1.54) is 31.3 Å². The Morgan fingerprint density at radius 2 is 1.96 bits per heavy atom. The monoisotopic (exact) mass is 342 g/mol. The Hall–Kier alpha value is -1.05. The summed E-state index contributed by atoms with van der Waals surface area (Å²) in [6.07, 6.45) is 11.2. The highest BCUT2D eigenvalue weighted by Crippen LogP contribution is 2.66. The number of carbonyl (C=O) groups is 1. The molecule has 0 aromatic heterocycles. The molecule has 0 heterocycles. The fraction of sp³-hybridized carbons (Fsp3) is 0.783. The van der Waals surface area contributed by atoms with Gasteiger partial charge in [0.1, 0.15) is 6.10 Å². The summed E-state index contributed by atoms with van der Waals surface area (Å²) in [5, 5.41) is 0. The van der Waals surface area contributed by atoms with E-state index < -0.39 is 0 Å². The second kappa shape index (κ2) is 5.72. The molecule has 25 heavy (non-hydrogen) atoms. The van der Waals surface area contributed by atoms with Gasteiger partial charge in [-0.15, -0.1) is 0 Å². The van der Waals surface area contributed by atoms with Crippen molar-refractivity contribution in [2.45, 2.75) is 78.7 Å². The number of hydrogen-bond acceptors (Lipinski definition) is 2. The van der Waals surface area contributed by atoms with Crippen molar-refractivity contribution in [3.63, 3.8) is 0 Å². The van der Waals surface area contributed by atoms with E-state index in [4.69, 9.17) is 4.74 Å². The van der Waals surface area contributed by atoms with Crippen LogP contribution in [0.1, 0.15) is 72.6 Å². The number of carbonyl (C=O) groups excluding carboxylic acids is 1. The van der Waals surface area contributed by atoms with Crippen molar-refractivity contribution in [1.82, 2.24) is 0 Å². The topological polar surface area (TPSA) is 26.3 Å². The molecular weight excluding hydrogens is 308 g/mol. The van der Waals surface area contributed by atoms with Gasteiger partial charge in [-0.05, 0) is 85.0 Å². The lowest BCUT2D eigenvalue weighted by Gasteiger charge is -2.57. The second-order valence-corrected chi connectivity index (χ2v) is 9.80. The highest BCUT2D eigenvalue weighted by Gasteiger charge is 2.57. The summed E-state index contributed by atoms with van der Waals surface area (Å²) in [5.74, 6) is 2.84. The molecule has 0 aromatic carbocycles. The summed E-state index contributed by atoms with van der Waals surface area (Å²) < 4.78 is 5.57. The summed E-state index contributed by atoms with van der Waals surface area (Å²) in [4.78, 5) is 11.4. The first kappa shape index (κ1) is 17.4. The molecule has 2 heteroatoms. The van der Waals surface area contributed by atoms with Gasteiger partial charge >= 0.3 is 5.97 Å². The van der Waals surface area contributed by atoms with Gasteiger partial charge in [-0.1, -0.05) is 39.0 Å². The Morgan fingerprint density at radius 3 is 2.68 bits per heavy atom. The van der Waals surface area contributed by atoms with Crippen LogP contribution in [0.3, 0.4) is 0 Å². The van der Waals surface area contributed by atoms with E-state index in [0.29, 0.717) is 11.3 Å². The Labute approximate surface area is 153 Å². The number of hydrogen-bond donors (Lipinski definition) is 0. The normalized spacial score (nSPS) is 48.9. The van der Waals surface area contributed by atoms with Crippen LogP contribution in [0.25, 0.3) is 0 Å². The molecule has 0 aromatic rings. The maximum absolute atomic E-state index is 11.4. The van der Waals surface area contributed by atoms with E-state index in [2.05, 4.69) is 33.4 Å². The summed E-state index contributed by atoms with van der Waals surface area (Å²) >= 11 is 0. The molecule has 0 N–H and O–H groups in total. The molecule has 0 aliphatic heterocycles. The van der Waals surface area contributed by atoms with Crippen LogP contribution in [0, 0.1) is 34.5 Å². The largest absolute Gasteiger partial charge is 0.463 e. The molecule has 0 spiro atoms. The van der Waals surface area contributed by atoms with Crippen LogP contribution in [0.2, 0.25) is 0 Å². The summed E-state index contributed by atoms with van der Waals surface area (Å²) in [7, 11) is 0. The lowest BCUT2D eigenvalue weighted by atomic mass is 9.48. The van der Waals surface area contributed by atoms with Crippen LogP contribution < -0.4 is 0 Å². The van der Waals surface area contributed by atoms with Gasteiger partial charge < -0.3 is 4.74 Å². The fourth-order valence-corrected chi connectivity index (χ4v) is 7.08. The van der Waals surface area contributed by atoms with Crippen molar-refractivity contribution < 1.29 is 9.53 Å². The van der Waals surface area contributed by atoms with Gasteiger partial charge in [-0.3, -0.25) is 4.79 Å². The molecule has 0 saturated heterocycles. The zero-order valence-electron chi connectivity index (χ0n) is 16.4. The van der Waals surface area contributed by atoms with Crippen molar-refractivity contribution in [1.29, 1.82) is 0 Å². The number of allylic oxidation sites excluding steroid dienone is 3. The van der Waals surface area contributed by atoms with Crippen LogP contribution in [-0.4, -0.2) is 12.1 Å². The molecule has 3 unspecified atom stereocenters. The molecule has 0 radical (unpaired) electrons. The Bertz CT molecular complexity index is 632. The fourth-order valence-electron chi connectivity index (χ4n) is 7.08. The first-order chi connectivity index (χ1) is 11.8. The van der Waals surface area contributed by atoms with Gasteiger partial charge in [0.05, 0.1) is 0 Å². The van der Waals surface area contributed by atoms with Crippen LogP contribution in [0.4, 0.5) is 0 Å². The minimum absolute atomic E-state index is 0.122. The lowest BCUT2D eigenvalue weighted by Crippen LogP contribution is -2.49. The molecule has 138 valence electrons. The average Bonchev–Trinajstić information content (AvgIpc) is 2.86. The third kappa shape index (κ3) is 2.39. The molecule has 4 aliphatic carbocycles. The van der Waals surface area contributed by atoms with Crippen molar-refractivity contribution >= 4 is 5.97 Å². The quantitative estimate of drug-likeness (QED) is 0.573. The third-order valence-electron chi connectivity index (χ3n) is 8.86. The van der Waals surface area contributed by atoms with Crippen LogP contribution >= 0.6 is 0 Å². The summed E-state index contributed by atoms with van der Waals surface area (Å²) in [6, 6.07) is 0. The second-order valence-electron chi connectivity index (χ2n) is 9.80. The molecule has 3 fully saturated rings. The van der Waals surface area contributed by atoms with Gasteiger partial charge in [0.2, 0.25) is 0 Å². The minimum atomic E-state index is -0.122. The van der Waals surface area contributed by atoms with Crippen molar-refractivity contribution in [3.8, 4) is 0 Å². The van der Waals surface area contributed by atoms with Crippen LogP contribution in [0.5, 0.6) is 0 Å². The van der Waals surface area contributed by atoms with E-state index in [-0.39, 0.29) is 17.5 Å². The SMILES string of the molecule is C=C1C=C2C(CC[C@@H]3C[C@H](OC(C)=O)CC[C@]23C)C2CCC(C)[C@@]12C. The predicted octanol–water partition coefficient (Wildman–Crippen LogP) is 5.68. The van der Waals surface area contributed by atoms with E-state index in [0.717, 1.165) is 37.0 Å². The van der Waals surface area contributed by atoms with Crippen molar-refractivity contribution in [3.05, 3.63) is 23.8 Å². The van der Waals surface area contributed by atoms with Gasteiger partial charge in [0.25, 0.3) is 0 Å². The predicted molar refractivity (Wildman–Crippen MR) is 101 cm³/mol. The highest BCUT2D eigenvalue weighted by molar-refractivity contribution is 5.66. The van der Waals surface area contributed by atoms with E-state index >= 15 is 0 Å². The molecule has 4 rings (SSSR count). The molecule has 0 amide bonds. The van der Waals surface area contributed by atoms with Crippen molar-refractivity contribution in [2.75, 3.05) is 0 Å². The molecule has 0 bridgehead atoms. The minimum Gasteiger partial charge on any atom is -0.463 e. The molecule has 7 atom stereocenters. The first-order valence-electron chi connectivity index (χ1n) is 10.4. The highest BCUT2D eigenvalue weighted by atomic mass is 16.5.